The Morgan fingerprint density at radius 2 is 1.72 bits per heavy atom. The summed E-state index contributed by atoms with van der Waals surface area (Å²) in [5, 5.41) is 4.71. The first-order valence-electron chi connectivity index (χ1n) is 5.90. The van der Waals surface area contributed by atoms with Crippen LogP contribution in [0.3, 0.4) is 0 Å². The van der Waals surface area contributed by atoms with E-state index in [1.54, 1.807) is 0 Å². The van der Waals surface area contributed by atoms with Crippen LogP contribution in [-0.4, -0.2) is 35.6 Å². The lowest BCUT2D eigenvalue weighted by atomic mass is 10.2. The summed E-state index contributed by atoms with van der Waals surface area (Å²) in [6.45, 7) is 5.52. The van der Waals surface area contributed by atoms with Gasteiger partial charge in [-0.15, -0.1) is 24.8 Å². The zero-order valence-electron chi connectivity index (χ0n) is 10.2. The molecule has 0 bridgehead atoms. The quantitative estimate of drug-likeness (QED) is 0.915. The van der Waals surface area contributed by atoms with Gasteiger partial charge in [-0.25, -0.2) is 0 Å². The first-order valence-corrected chi connectivity index (χ1v) is 5.90. The van der Waals surface area contributed by atoms with Crippen LogP contribution < -0.4 is 5.32 Å². The molecule has 1 N–H and O–H groups in total. The van der Waals surface area contributed by atoms with Gasteiger partial charge in [0.1, 0.15) is 0 Å². The first kappa shape index (κ1) is 15.3. The van der Waals surface area contributed by atoms with Gasteiger partial charge in [0.25, 0.3) is 0 Å². The summed E-state index contributed by atoms with van der Waals surface area (Å²) in [7, 11) is 0. The summed E-state index contributed by atoms with van der Waals surface area (Å²) in [4.78, 5) is 2.49. The van der Waals surface area contributed by atoms with Gasteiger partial charge in [0.05, 0.1) is 6.67 Å². The predicted molar refractivity (Wildman–Crippen MR) is 80.9 cm³/mol. The molecule has 2 aromatic rings. The van der Waals surface area contributed by atoms with Gasteiger partial charge in [-0.2, -0.15) is 0 Å². The van der Waals surface area contributed by atoms with Gasteiger partial charge < -0.3 is 9.88 Å². The standard InChI is InChI=1S/C13H17N3.2ClH/c1-2-4-13-12(3-1)5-8-16(13)11-15-9-6-14-7-10-15;;/h1-5,8,14H,6-7,9-11H2;2*1H. The number of piperazine rings is 1. The maximum Gasteiger partial charge on any atom is 0.0751 e. The Kier molecular flexibility index (Phi) is 5.96. The second-order valence-corrected chi connectivity index (χ2v) is 4.35. The molecular weight excluding hydrogens is 269 g/mol. The zero-order chi connectivity index (χ0) is 10.8. The number of nitrogens with zero attached hydrogens (tertiary/aromatic N) is 2. The monoisotopic (exact) mass is 287 g/mol. The predicted octanol–water partition coefficient (Wildman–Crippen LogP) is 2.35. The van der Waals surface area contributed by atoms with Crippen LogP contribution in [0.4, 0.5) is 0 Å². The lowest BCUT2D eigenvalue weighted by molar-refractivity contribution is 0.196. The third kappa shape index (κ3) is 3.18. The summed E-state index contributed by atoms with van der Waals surface area (Å²) in [5.41, 5.74) is 1.33. The van der Waals surface area contributed by atoms with Gasteiger partial charge >= 0.3 is 0 Å². The fraction of sp³-hybridized carbons (Fsp3) is 0.385. The molecular formula is C13H19Cl2N3. The molecule has 0 saturated carbocycles. The van der Waals surface area contributed by atoms with Crippen LogP contribution in [0.2, 0.25) is 0 Å². The highest BCUT2D eigenvalue weighted by atomic mass is 35.5. The minimum atomic E-state index is 0. The van der Waals surface area contributed by atoms with E-state index < -0.39 is 0 Å². The highest BCUT2D eigenvalue weighted by Gasteiger charge is 2.10. The molecule has 0 aliphatic carbocycles. The minimum Gasteiger partial charge on any atom is -0.334 e. The third-order valence-electron chi connectivity index (χ3n) is 3.24. The Hall–Kier alpha value is -0.740. The molecule has 1 aliphatic rings. The Morgan fingerprint density at radius 3 is 2.50 bits per heavy atom. The van der Waals surface area contributed by atoms with E-state index in [-0.39, 0.29) is 24.8 Å². The molecule has 2 heterocycles. The molecule has 1 aromatic heterocycles. The molecule has 0 unspecified atom stereocenters. The molecule has 100 valence electrons. The van der Waals surface area contributed by atoms with Crippen LogP contribution >= 0.6 is 24.8 Å². The summed E-state index contributed by atoms with van der Waals surface area (Å²) in [6, 6.07) is 10.8. The number of aromatic nitrogens is 1. The lowest BCUT2D eigenvalue weighted by Gasteiger charge is -2.27. The maximum absolute atomic E-state index is 3.38. The van der Waals surface area contributed by atoms with E-state index >= 15 is 0 Å². The van der Waals surface area contributed by atoms with Gasteiger partial charge in [-0.05, 0) is 17.5 Å². The van der Waals surface area contributed by atoms with E-state index in [4.69, 9.17) is 0 Å². The van der Waals surface area contributed by atoms with Crippen LogP contribution in [0, 0.1) is 0 Å². The van der Waals surface area contributed by atoms with Crippen LogP contribution in [-0.2, 0) is 6.67 Å². The minimum absolute atomic E-state index is 0. The van der Waals surface area contributed by atoms with Crippen LogP contribution in [0.25, 0.3) is 10.9 Å². The largest absolute Gasteiger partial charge is 0.334 e. The van der Waals surface area contributed by atoms with E-state index in [2.05, 4.69) is 51.3 Å². The SMILES string of the molecule is Cl.Cl.c1ccc2c(c1)ccn2CN1CCNCC1. The molecule has 1 fully saturated rings. The first-order chi connectivity index (χ1) is 7.93. The molecule has 0 spiro atoms. The van der Waals surface area contributed by atoms with E-state index in [1.165, 1.54) is 10.9 Å². The third-order valence-corrected chi connectivity index (χ3v) is 3.24. The highest BCUT2D eigenvalue weighted by Crippen LogP contribution is 2.15. The van der Waals surface area contributed by atoms with Gasteiger partial charge in [-0.1, -0.05) is 18.2 Å². The normalized spacial score (nSPS) is 16.0. The number of benzene rings is 1. The summed E-state index contributed by atoms with van der Waals surface area (Å²) in [5.74, 6) is 0. The van der Waals surface area contributed by atoms with Gasteiger partial charge in [0, 0.05) is 37.9 Å². The van der Waals surface area contributed by atoms with E-state index in [1.807, 2.05) is 0 Å². The van der Waals surface area contributed by atoms with Crippen LogP contribution in [0.15, 0.2) is 36.5 Å². The van der Waals surface area contributed by atoms with Crippen molar-refractivity contribution in [2.75, 3.05) is 26.2 Å². The molecule has 1 aliphatic heterocycles. The average molecular weight is 288 g/mol. The van der Waals surface area contributed by atoms with Crippen molar-refractivity contribution in [3.05, 3.63) is 36.5 Å². The smallest absolute Gasteiger partial charge is 0.0751 e. The summed E-state index contributed by atoms with van der Waals surface area (Å²) < 4.78 is 2.33. The average Bonchev–Trinajstić information content (AvgIpc) is 2.74. The van der Waals surface area contributed by atoms with E-state index in [0.29, 0.717) is 0 Å². The molecule has 1 saturated heterocycles. The van der Waals surface area contributed by atoms with Crippen LogP contribution in [0.1, 0.15) is 0 Å². The zero-order valence-corrected chi connectivity index (χ0v) is 11.8. The second kappa shape index (κ2) is 7.00. The van der Waals surface area contributed by atoms with Crippen molar-refractivity contribution in [3.63, 3.8) is 0 Å². The second-order valence-electron chi connectivity index (χ2n) is 4.35. The van der Waals surface area contributed by atoms with E-state index in [0.717, 1.165) is 32.8 Å². The molecule has 1 aromatic carbocycles. The van der Waals surface area contributed by atoms with Crippen molar-refractivity contribution in [2.45, 2.75) is 6.67 Å². The van der Waals surface area contributed by atoms with Gasteiger partial charge in [0.2, 0.25) is 0 Å². The number of halogens is 2. The molecule has 0 amide bonds. The number of para-hydroxylation sites is 1. The Bertz CT molecular complexity index is 478. The molecule has 18 heavy (non-hydrogen) atoms. The number of fused-ring (bicyclic) bond motifs is 1. The molecule has 3 rings (SSSR count). The van der Waals surface area contributed by atoms with E-state index in [9.17, 15) is 0 Å². The Labute approximate surface area is 120 Å². The molecule has 5 heteroatoms. The topological polar surface area (TPSA) is 20.2 Å². The molecule has 0 atom stereocenters. The Balaban J connectivity index is 0.000000810. The van der Waals surface area contributed by atoms with Crippen molar-refractivity contribution in [3.8, 4) is 0 Å². The fourth-order valence-electron chi connectivity index (χ4n) is 2.33. The van der Waals surface area contributed by atoms with Gasteiger partial charge in [0.15, 0.2) is 0 Å². The highest BCUT2D eigenvalue weighted by molar-refractivity contribution is 5.85. The van der Waals surface area contributed by atoms with Crippen molar-refractivity contribution >= 4 is 35.7 Å². The van der Waals surface area contributed by atoms with Crippen molar-refractivity contribution in [1.82, 2.24) is 14.8 Å². The number of nitrogens with one attached hydrogen (secondary N) is 1. The summed E-state index contributed by atoms with van der Waals surface area (Å²) >= 11 is 0. The molecule has 3 nitrogen and oxygen atoms in total. The number of hydrogen-bond donors (Lipinski definition) is 1. The fourth-order valence-corrected chi connectivity index (χ4v) is 2.33. The number of rotatable bonds is 2. The van der Waals surface area contributed by atoms with Crippen molar-refractivity contribution in [1.29, 1.82) is 0 Å². The van der Waals surface area contributed by atoms with Crippen molar-refractivity contribution in [2.24, 2.45) is 0 Å². The number of hydrogen-bond acceptors (Lipinski definition) is 2. The maximum atomic E-state index is 3.38. The van der Waals surface area contributed by atoms with Crippen molar-refractivity contribution < 1.29 is 0 Å². The van der Waals surface area contributed by atoms with Crippen LogP contribution in [0.5, 0.6) is 0 Å². The summed E-state index contributed by atoms with van der Waals surface area (Å²) in [6.07, 6.45) is 2.19. The molecule has 0 radical (unpaired) electrons. The lowest BCUT2D eigenvalue weighted by Crippen LogP contribution is -2.43. The van der Waals surface area contributed by atoms with Gasteiger partial charge in [-0.3, -0.25) is 4.90 Å². The Morgan fingerprint density at radius 1 is 1.00 bits per heavy atom.